The van der Waals surface area contributed by atoms with E-state index in [0.29, 0.717) is 6.54 Å². The van der Waals surface area contributed by atoms with Gasteiger partial charge in [-0.25, -0.2) is 4.99 Å². The van der Waals surface area contributed by atoms with Crippen molar-refractivity contribution in [3.63, 3.8) is 0 Å². The van der Waals surface area contributed by atoms with Crippen LogP contribution in [0.15, 0.2) is 29.0 Å². The van der Waals surface area contributed by atoms with Crippen LogP contribution in [0, 0.1) is 0 Å². The van der Waals surface area contributed by atoms with Crippen molar-refractivity contribution >= 4 is 16.8 Å². The zero-order chi connectivity index (χ0) is 10.8. The summed E-state index contributed by atoms with van der Waals surface area (Å²) in [5, 5.41) is 10.2. The summed E-state index contributed by atoms with van der Waals surface area (Å²) in [4.78, 5) is 6.14. The van der Waals surface area contributed by atoms with Gasteiger partial charge in [0, 0.05) is 12.2 Å². The molecule has 0 spiro atoms. The quantitative estimate of drug-likeness (QED) is 0.733. The largest absolute Gasteiger partial charge is 0.367 e. The highest BCUT2D eigenvalue weighted by atomic mass is 35.5. The lowest BCUT2D eigenvalue weighted by atomic mass is 9.99. The summed E-state index contributed by atoms with van der Waals surface area (Å²) in [5.41, 5.74) is 2.18. The third-order valence-corrected chi connectivity index (χ3v) is 3.11. The van der Waals surface area contributed by atoms with Crippen molar-refractivity contribution in [2.24, 2.45) is 4.99 Å². The summed E-state index contributed by atoms with van der Waals surface area (Å²) in [5.74, 6) is 0. The minimum Gasteiger partial charge on any atom is -0.367 e. The lowest BCUT2D eigenvalue weighted by Gasteiger charge is -2.36. The molecule has 1 aliphatic carbocycles. The molecule has 82 valence electrons. The van der Waals surface area contributed by atoms with Crippen LogP contribution >= 0.6 is 11.6 Å². The summed E-state index contributed by atoms with van der Waals surface area (Å²) < 4.78 is 0. The third-order valence-electron chi connectivity index (χ3n) is 2.83. The van der Waals surface area contributed by atoms with E-state index in [1.54, 1.807) is 6.08 Å². The predicted octanol–water partition coefficient (Wildman–Crippen LogP) is 2.23. The monoisotopic (exact) mass is 226 g/mol. The van der Waals surface area contributed by atoms with Crippen molar-refractivity contribution in [1.82, 2.24) is 4.90 Å². The van der Waals surface area contributed by atoms with Gasteiger partial charge in [0.05, 0.1) is 5.70 Å². The Balaban J connectivity index is 2.33. The van der Waals surface area contributed by atoms with E-state index in [0.717, 1.165) is 37.1 Å². The molecule has 0 amide bonds. The molecule has 0 saturated heterocycles. The molecule has 0 radical (unpaired) electrons. The Hall–Kier alpha value is -0.800. The number of aliphatic hydroxyl groups excluding tert-OH is 1. The first kappa shape index (κ1) is 10.7. The molecule has 1 aliphatic heterocycles. The molecule has 2 aliphatic rings. The van der Waals surface area contributed by atoms with Crippen molar-refractivity contribution in [2.45, 2.75) is 31.9 Å². The second-order valence-electron chi connectivity index (χ2n) is 3.85. The van der Waals surface area contributed by atoms with Gasteiger partial charge in [-0.2, -0.15) is 0 Å². The van der Waals surface area contributed by atoms with Gasteiger partial charge in [0.1, 0.15) is 0 Å². The fourth-order valence-corrected chi connectivity index (χ4v) is 2.34. The van der Waals surface area contributed by atoms with E-state index in [4.69, 9.17) is 11.6 Å². The summed E-state index contributed by atoms with van der Waals surface area (Å²) in [7, 11) is 0. The van der Waals surface area contributed by atoms with Crippen molar-refractivity contribution in [2.75, 3.05) is 6.54 Å². The third kappa shape index (κ3) is 1.94. The Morgan fingerprint density at radius 2 is 2.27 bits per heavy atom. The van der Waals surface area contributed by atoms with E-state index in [1.165, 1.54) is 0 Å². The minimum absolute atomic E-state index is 0.275. The maximum atomic E-state index is 9.89. The number of nitrogens with zero attached hydrogens (tertiary/aromatic N) is 2. The van der Waals surface area contributed by atoms with Crippen LogP contribution in [0.2, 0.25) is 0 Å². The van der Waals surface area contributed by atoms with Gasteiger partial charge in [0.2, 0.25) is 0 Å². The predicted molar refractivity (Wildman–Crippen MR) is 61.7 cm³/mol. The number of hydrogen-bond donors (Lipinski definition) is 1. The van der Waals surface area contributed by atoms with E-state index in [2.05, 4.69) is 11.6 Å². The highest BCUT2D eigenvalue weighted by molar-refractivity contribution is 6.66. The van der Waals surface area contributed by atoms with Gasteiger partial charge < -0.3 is 10.0 Å². The van der Waals surface area contributed by atoms with E-state index in [-0.39, 0.29) is 5.17 Å². The molecule has 0 fully saturated rings. The Morgan fingerprint density at radius 1 is 1.53 bits per heavy atom. The molecule has 1 heterocycles. The lowest BCUT2D eigenvalue weighted by molar-refractivity contribution is 0.0875. The van der Waals surface area contributed by atoms with E-state index in [1.807, 2.05) is 4.90 Å². The molecular weight excluding hydrogens is 212 g/mol. The van der Waals surface area contributed by atoms with Gasteiger partial charge in [0.15, 0.2) is 11.4 Å². The number of halogens is 1. The topological polar surface area (TPSA) is 35.8 Å². The first-order chi connectivity index (χ1) is 7.24. The fourth-order valence-electron chi connectivity index (χ4n) is 2.12. The van der Waals surface area contributed by atoms with Crippen LogP contribution < -0.4 is 0 Å². The molecule has 2 rings (SSSR count). The van der Waals surface area contributed by atoms with Crippen LogP contribution in [0.5, 0.6) is 0 Å². The smallest absolute Gasteiger partial charge is 0.181 e. The summed E-state index contributed by atoms with van der Waals surface area (Å²) >= 11 is 5.91. The SMILES string of the molecule is C=CCN1C2=C(CCCC2)N=C(Cl)C1O. The number of allylic oxidation sites excluding steroid dienone is 2. The van der Waals surface area contributed by atoms with Gasteiger partial charge in [0.25, 0.3) is 0 Å². The average Bonchev–Trinajstić information content (AvgIpc) is 2.25. The van der Waals surface area contributed by atoms with Gasteiger partial charge in [-0.05, 0) is 25.7 Å². The minimum atomic E-state index is -0.790. The van der Waals surface area contributed by atoms with Gasteiger partial charge in [-0.15, -0.1) is 6.58 Å². The van der Waals surface area contributed by atoms with Crippen LogP contribution in [0.4, 0.5) is 0 Å². The summed E-state index contributed by atoms with van der Waals surface area (Å²) in [6.07, 6.45) is 5.25. The Bertz CT molecular complexity index is 335. The van der Waals surface area contributed by atoms with Crippen LogP contribution in [-0.4, -0.2) is 27.9 Å². The first-order valence-electron chi connectivity index (χ1n) is 5.25. The van der Waals surface area contributed by atoms with Crippen molar-refractivity contribution in [3.8, 4) is 0 Å². The molecule has 1 N–H and O–H groups in total. The Morgan fingerprint density at radius 3 is 3.00 bits per heavy atom. The van der Waals surface area contributed by atoms with Gasteiger partial charge in [-0.3, -0.25) is 0 Å². The van der Waals surface area contributed by atoms with Crippen molar-refractivity contribution in [3.05, 3.63) is 24.0 Å². The summed E-state index contributed by atoms with van der Waals surface area (Å²) in [6, 6.07) is 0. The molecular formula is C11H15ClN2O. The fraction of sp³-hybridized carbons (Fsp3) is 0.545. The van der Waals surface area contributed by atoms with E-state index in [9.17, 15) is 5.11 Å². The van der Waals surface area contributed by atoms with Crippen molar-refractivity contribution in [1.29, 1.82) is 0 Å². The van der Waals surface area contributed by atoms with Crippen molar-refractivity contribution < 1.29 is 5.11 Å². The first-order valence-corrected chi connectivity index (χ1v) is 5.63. The molecule has 0 bridgehead atoms. The maximum absolute atomic E-state index is 9.89. The van der Waals surface area contributed by atoms with Crippen LogP contribution in [0.3, 0.4) is 0 Å². The van der Waals surface area contributed by atoms with E-state index < -0.39 is 6.23 Å². The number of aliphatic imine (C=N–C) groups is 1. The molecule has 0 aromatic heterocycles. The molecule has 1 atom stereocenters. The molecule has 0 saturated carbocycles. The molecule has 0 aromatic rings. The molecule has 3 nitrogen and oxygen atoms in total. The number of aliphatic hydroxyl groups is 1. The maximum Gasteiger partial charge on any atom is 0.181 e. The standard InChI is InChI=1S/C11H15ClN2O/c1-2-7-14-9-6-4-3-5-8(9)13-10(12)11(14)15/h2,11,15H,1,3-7H2. The van der Waals surface area contributed by atoms with E-state index >= 15 is 0 Å². The lowest BCUT2D eigenvalue weighted by Crippen LogP contribution is -2.42. The zero-order valence-electron chi connectivity index (χ0n) is 8.62. The molecule has 15 heavy (non-hydrogen) atoms. The van der Waals surface area contributed by atoms with Crippen LogP contribution in [0.1, 0.15) is 25.7 Å². The molecule has 0 aromatic carbocycles. The Labute approximate surface area is 94.8 Å². The highest BCUT2D eigenvalue weighted by Crippen LogP contribution is 2.33. The van der Waals surface area contributed by atoms with Crippen LogP contribution in [0.25, 0.3) is 0 Å². The molecule has 4 heteroatoms. The van der Waals surface area contributed by atoms with Gasteiger partial charge >= 0.3 is 0 Å². The summed E-state index contributed by atoms with van der Waals surface area (Å²) in [6.45, 7) is 4.31. The Kier molecular flexibility index (Phi) is 3.12. The van der Waals surface area contributed by atoms with Crippen LogP contribution in [-0.2, 0) is 0 Å². The second kappa shape index (κ2) is 4.37. The molecule has 1 unspecified atom stereocenters. The highest BCUT2D eigenvalue weighted by Gasteiger charge is 2.29. The number of rotatable bonds is 2. The normalized spacial score (nSPS) is 26.1. The zero-order valence-corrected chi connectivity index (χ0v) is 9.37. The number of hydrogen-bond acceptors (Lipinski definition) is 3. The second-order valence-corrected chi connectivity index (χ2v) is 4.24. The van der Waals surface area contributed by atoms with Gasteiger partial charge in [-0.1, -0.05) is 17.7 Å². The average molecular weight is 227 g/mol.